The largest absolute Gasteiger partial charge is 0.470 e. The fourth-order valence-corrected chi connectivity index (χ4v) is 1.95. The third kappa shape index (κ3) is 5.79. The Hall–Kier alpha value is -2.76. The molecule has 0 bridgehead atoms. The van der Waals surface area contributed by atoms with Gasteiger partial charge in [0, 0.05) is 12.3 Å². The van der Waals surface area contributed by atoms with Gasteiger partial charge in [-0.25, -0.2) is 15.2 Å². The number of nitrogens with zero attached hydrogens (tertiary/aromatic N) is 1. The number of carbonyl (C=O) groups is 1. The summed E-state index contributed by atoms with van der Waals surface area (Å²) >= 11 is 0. The monoisotopic (exact) mass is 329 g/mol. The molecule has 0 aliphatic rings. The predicted octanol–water partition coefficient (Wildman–Crippen LogP) is 4.07. The van der Waals surface area contributed by atoms with E-state index in [9.17, 15) is 4.79 Å². The second kappa shape index (κ2) is 7.68. The summed E-state index contributed by atoms with van der Waals surface area (Å²) in [6.45, 7) is 7.36. The van der Waals surface area contributed by atoms with Gasteiger partial charge in [-0.1, -0.05) is 30.3 Å². The van der Waals surface area contributed by atoms with E-state index in [1.807, 2.05) is 37.3 Å². The second-order valence-electron chi connectivity index (χ2n) is 6.31. The molecule has 2 rings (SSSR count). The van der Waals surface area contributed by atoms with Crippen molar-refractivity contribution in [2.75, 3.05) is 5.43 Å². The number of rotatable bonds is 5. The van der Waals surface area contributed by atoms with Gasteiger partial charge in [0.25, 0.3) is 0 Å². The number of anilines is 1. The number of amides is 1. The zero-order chi connectivity index (χ0) is 17.6. The molecule has 128 valence electrons. The van der Waals surface area contributed by atoms with Gasteiger partial charge in [0.05, 0.1) is 5.69 Å². The molecule has 24 heavy (non-hydrogen) atoms. The topological polar surface area (TPSA) is 72.5 Å². The summed E-state index contributed by atoms with van der Waals surface area (Å²) in [7, 11) is 0. The maximum atomic E-state index is 11.6. The fourth-order valence-electron chi connectivity index (χ4n) is 1.95. The molecule has 0 saturated carbocycles. The molecule has 1 atom stereocenters. The van der Waals surface area contributed by atoms with Gasteiger partial charge < -0.3 is 9.47 Å². The molecule has 0 radical (unpaired) electrons. The summed E-state index contributed by atoms with van der Waals surface area (Å²) in [6, 6.07) is 13.3. The van der Waals surface area contributed by atoms with Crippen molar-refractivity contribution >= 4 is 11.8 Å². The third-order valence-electron chi connectivity index (χ3n) is 3.01. The molecule has 1 aromatic heterocycles. The lowest BCUT2D eigenvalue weighted by molar-refractivity contribution is 0.0541. The minimum atomic E-state index is -0.556. The van der Waals surface area contributed by atoms with Crippen molar-refractivity contribution in [2.45, 2.75) is 39.4 Å². The molecular formula is C18H23N3O3. The lowest BCUT2D eigenvalue weighted by Gasteiger charge is -2.20. The third-order valence-corrected chi connectivity index (χ3v) is 3.01. The van der Waals surface area contributed by atoms with Crippen LogP contribution in [0.4, 0.5) is 10.5 Å². The maximum absolute atomic E-state index is 11.6. The van der Waals surface area contributed by atoms with E-state index in [0.29, 0.717) is 11.6 Å². The van der Waals surface area contributed by atoms with E-state index in [4.69, 9.17) is 9.47 Å². The highest BCUT2D eigenvalue weighted by atomic mass is 16.6. The van der Waals surface area contributed by atoms with Crippen LogP contribution in [-0.2, 0) is 4.74 Å². The van der Waals surface area contributed by atoms with Crippen LogP contribution in [0.15, 0.2) is 48.7 Å². The van der Waals surface area contributed by atoms with Crippen LogP contribution in [0, 0.1) is 0 Å². The predicted molar refractivity (Wildman–Crippen MR) is 92.7 cm³/mol. The minimum absolute atomic E-state index is 0.132. The van der Waals surface area contributed by atoms with Gasteiger partial charge in [-0.05, 0) is 39.3 Å². The Kier molecular flexibility index (Phi) is 5.63. The quantitative estimate of drug-likeness (QED) is 0.809. The molecule has 2 aromatic rings. The number of nitrogens with one attached hydrogen (secondary N) is 2. The van der Waals surface area contributed by atoms with Crippen molar-refractivity contribution in [3.05, 3.63) is 54.2 Å². The normalized spacial score (nSPS) is 12.2. The smallest absolute Gasteiger partial charge is 0.426 e. The zero-order valence-corrected chi connectivity index (χ0v) is 14.4. The van der Waals surface area contributed by atoms with E-state index >= 15 is 0 Å². The molecule has 0 aliphatic carbocycles. The maximum Gasteiger partial charge on any atom is 0.426 e. The van der Waals surface area contributed by atoms with Crippen LogP contribution < -0.4 is 15.6 Å². The van der Waals surface area contributed by atoms with Gasteiger partial charge in [0.2, 0.25) is 5.88 Å². The molecule has 0 fully saturated rings. The zero-order valence-electron chi connectivity index (χ0n) is 14.4. The molecule has 0 aliphatic heterocycles. The molecule has 6 heteroatoms. The van der Waals surface area contributed by atoms with Crippen LogP contribution in [0.2, 0.25) is 0 Å². The van der Waals surface area contributed by atoms with Gasteiger partial charge in [-0.15, -0.1) is 0 Å². The first-order chi connectivity index (χ1) is 11.3. The van der Waals surface area contributed by atoms with E-state index in [1.54, 1.807) is 39.1 Å². The summed E-state index contributed by atoms with van der Waals surface area (Å²) in [5.74, 6) is 0.461. The molecule has 2 N–H and O–H groups in total. The van der Waals surface area contributed by atoms with Crippen LogP contribution >= 0.6 is 0 Å². The SMILES string of the molecule is CC(Oc1cc(NNC(=O)OC(C)(C)C)ccn1)c1ccccc1. The fraction of sp³-hybridized carbons (Fsp3) is 0.333. The Morgan fingerprint density at radius 1 is 1.17 bits per heavy atom. The number of hydrogen-bond donors (Lipinski definition) is 2. The van der Waals surface area contributed by atoms with Crippen LogP contribution in [0.3, 0.4) is 0 Å². The molecule has 1 heterocycles. The lowest BCUT2D eigenvalue weighted by Crippen LogP contribution is -2.35. The number of aromatic nitrogens is 1. The molecule has 0 spiro atoms. The number of ether oxygens (including phenoxy) is 2. The number of pyridine rings is 1. The number of hydrazine groups is 1. The van der Waals surface area contributed by atoms with E-state index in [1.165, 1.54) is 0 Å². The van der Waals surface area contributed by atoms with Crippen molar-refractivity contribution < 1.29 is 14.3 Å². The average molecular weight is 329 g/mol. The van der Waals surface area contributed by atoms with Crippen molar-refractivity contribution in [3.63, 3.8) is 0 Å². The van der Waals surface area contributed by atoms with Gasteiger partial charge in [-0.3, -0.25) is 5.43 Å². The number of benzene rings is 1. The molecule has 1 aromatic carbocycles. The van der Waals surface area contributed by atoms with Crippen LogP contribution in [0.25, 0.3) is 0 Å². The van der Waals surface area contributed by atoms with E-state index < -0.39 is 11.7 Å². The summed E-state index contributed by atoms with van der Waals surface area (Å²) in [5.41, 5.74) is 6.40. The van der Waals surface area contributed by atoms with E-state index in [2.05, 4.69) is 15.8 Å². The van der Waals surface area contributed by atoms with Gasteiger partial charge >= 0.3 is 6.09 Å². The van der Waals surface area contributed by atoms with Gasteiger partial charge in [-0.2, -0.15) is 0 Å². The second-order valence-corrected chi connectivity index (χ2v) is 6.31. The number of hydrogen-bond acceptors (Lipinski definition) is 5. The lowest BCUT2D eigenvalue weighted by atomic mass is 10.1. The summed E-state index contributed by atoms with van der Waals surface area (Å²) in [6.07, 6.45) is 0.916. The average Bonchev–Trinajstić information content (AvgIpc) is 2.52. The Morgan fingerprint density at radius 3 is 2.54 bits per heavy atom. The molecular weight excluding hydrogens is 306 g/mol. The highest BCUT2D eigenvalue weighted by Crippen LogP contribution is 2.21. The van der Waals surface area contributed by atoms with E-state index in [0.717, 1.165) is 5.56 Å². The van der Waals surface area contributed by atoms with Crippen molar-refractivity contribution in [3.8, 4) is 5.88 Å². The van der Waals surface area contributed by atoms with Gasteiger partial charge in [0.1, 0.15) is 11.7 Å². The summed E-state index contributed by atoms with van der Waals surface area (Å²) < 4.78 is 11.0. The van der Waals surface area contributed by atoms with Crippen molar-refractivity contribution in [1.29, 1.82) is 0 Å². The first kappa shape index (κ1) is 17.6. The highest BCUT2D eigenvalue weighted by Gasteiger charge is 2.15. The van der Waals surface area contributed by atoms with Gasteiger partial charge in [0.15, 0.2) is 0 Å². The molecule has 6 nitrogen and oxygen atoms in total. The van der Waals surface area contributed by atoms with Crippen LogP contribution in [0.1, 0.15) is 39.4 Å². The molecule has 0 saturated heterocycles. The highest BCUT2D eigenvalue weighted by molar-refractivity contribution is 5.69. The Morgan fingerprint density at radius 2 is 1.88 bits per heavy atom. The summed E-state index contributed by atoms with van der Waals surface area (Å²) in [4.78, 5) is 15.8. The van der Waals surface area contributed by atoms with Crippen molar-refractivity contribution in [1.82, 2.24) is 10.4 Å². The van der Waals surface area contributed by atoms with Crippen molar-refractivity contribution in [2.24, 2.45) is 0 Å². The van der Waals surface area contributed by atoms with Crippen LogP contribution in [0.5, 0.6) is 5.88 Å². The Balaban J connectivity index is 1.93. The molecule has 1 unspecified atom stereocenters. The minimum Gasteiger partial charge on any atom is -0.470 e. The standard InChI is InChI=1S/C18H23N3O3/c1-13(14-8-6-5-7-9-14)23-16-12-15(10-11-19-16)20-21-17(22)24-18(2,3)4/h5-13H,1-4H3,(H,19,20)(H,21,22). The Bertz CT molecular complexity index is 669. The Labute approximate surface area is 142 Å². The first-order valence-corrected chi connectivity index (χ1v) is 7.76. The van der Waals surface area contributed by atoms with Crippen LogP contribution in [-0.4, -0.2) is 16.7 Å². The first-order valence-electron chi connectivity index (χ1n) is 7.76. The van der Waals surface area contributed by atoms with E-state index in [-0.39, 0.29) is 6.10 Å². The number of carbonyl (C=O) groups excluding carboxylic acids is 1. The summed E-state index contributed by atoms with van der Waals surface area (Å²) in [5, 5.41) is 0. The molecule has 1 amide bonds.